The maximum atomic E-state index is 11.8. The van der Waals surface area contributed by atoms with Gasteiger partial charge in [0.15, 0.2) is 0 Å². The molecule has 102 valence electrons. The maximum absolute atomic E-state index is 11.8. The summed E-state index contributed by atoms with van der Waals surface area (Å²) < 4.78 is 5.25. The molecule has 0 saturated carbocycles. The van der Waals surface area contributed by atoms with Crippen LogP contribution in [-0.2, 0) is 11.2 Å². The monoisotopic (exact) mass is 270 g/mol. The molecule has 1 amide bonds. The van der Waals surface area contributed by atoms with Crippen LogP contribution >= 0.6 is 11.8 Å². The number of nitrogens with two attached hydrogens (primary N) is 1. The summed E-state index contributed by atoms with van der Waals surface area (Å²) in [7, 11) is 0. The first kappa shape index (κ1) is 15.1. The van der Waals surface area contributed by atoms with Gasteiger partial charge in [-0.25, -0.2) is 0 Å². The lowest BCUT2D eigenvalue weighted by atomic mass is 10.1. The van der Waals surface area contributed by atoms with E-state index >= 15 is 0 Å². The van der Waals surface area contributed by atoms with Crippen molar-refractivity contribution >= 4 is 17.7 Å². The minimum absolute atomic E-state index is 0.0593. The second kappa shape index (κ2) is 8.21. The van der Waals surface area contributed by atoms with Gasteiger partial charge in [-0.2, -0.15) is 11.8 Å². The molecule has 4 nitrogen and oxygen atoms in total. The van der Waals surface area contributed by atoms with Gasteiger partial charge in [0.2, 0.25) is 5.91 Å². The van der Waals surface area contributed by atoms with Crippen LogP contribution in [0, 0.1) is 0 Å². The average molecular weight is 270 g/mol. The van der Waals surface area contributed by atoms with Gasteiger partial charge in [-0.15, -0.1) is 0 Å². The van der Waals surface area contributed by atoms with E-state index < -0.39 is 6.04 Å². The maximum Gasteiger partial charge on any atom is 0.237 e. The molecule has 0 aliphatic heterocycles. The van der Waals surface area contributed by atoms with E-state index in [-0.39, 0.29) is 11.9 Å². The van der Waals surface area contributed by atoms with E-state index in [1.165, 1.54) is 0 Å². The molecule has 1 rings (SSSR count). The van der Waals surface area contributed by atoms with Gasteiger partial charge < -0.3 is 15.5 Å². The summed E-state index contributed by atoms with van der Waals surface area (Å²) in [6.07, 6.45) is 6.08. The Kier molecular flexibility index (Phi) is 6.90. The molecule has 1 unspecified atom stereocenters. The number of carbonyl (C=O) groups is 1. The zero-order chi connectivity index (χ0) is 13.4. The molecule has 0 fully saturated rings. The summed E-state index contributed by atoms with van der Waals surface area (Å²) >= 11 is 1.70. The van der Waals surface area contributed by atoms with Crippen molar-refractivity contribution in [1.82, 2.24) is 5.32 Å². The molecule has 0 bridgehead atoms. The Balaban J connectivity index is 2.22. The number of carbonyl (C=O) groups excluding carboxylic acids is 1. The molecule has 1 heterocycles. The van der Waals surface area contributed by atoms with Crippen LogP contribution in [0.4, 0.5) is 0 Å². The number of hydrogen-bond acceptors (Lipinski definition) is 4. The van der Waals surface area contributed by atoms with Crippen molar-refractivity contribution < 1.29 is 9.21 Å². The van der Waals surface area contributed by atoms with Crippen LogP contribution in [0.1, 0.15) is 25.5 Å². The van der Waals surface area contributed by atoms with Crippen molar-refractivity contribution in [2.75, 3.05) is 12.0 Å². The largest absolute Gasteiger partial charge is 0.469 e. The Morgan fingerprint density at radius 1 is 1.56 bits per heavy atom. The van der Waals surface area contributed by atoms with E-state index in [1.54, 1.807) is 18.0 Å². The molecular formula is C13H22N2O2S. The molecule has 3 N–H and O–H groups in total. The third kappa shape index (κ3) is 5.60. The minimum Gasteiger partial charge on any atom is -0.469 e. The fourth-order valence-corrected chi connectivity index (χ4v) is 2.10. The van der Waals surface area contributed by atoms with E-state index in [1.807, 2.05) is 25.3 Å². The Morgan fingerprint density at radius 2 is 2.33 bits per heavy atom. The van der Waals surface area contributed by atoms with E-state index in [0.29, 0.717) is 0 Å². The lowest BCUT2D eigenvalue weighted by molar-refractivity contribution is -0.123. The molecular weight excluding hydrogens is 248 g/mol. The number of thioether (sulfide) groups is 1. The Labute approximate surface area is 113 Å². The first-order valence-electron chi connectivity index (χ1n) is 6.20. The first-order chi connectivity index (χ1) is 8.63. The lowest BCUT2D eigenvalue weighted by Gasteiger charge is -2.16. The van der Waals surface area contributed by atoms with Crippen molar-refractivity contribution in [2.24, 2.45) is 5.73 Å². The summed E-state index contributed by atoms with van der Waals surface area (Å²) in [5.74, 6) is 1.80. The van der Waals surface area contributed by atoms with Crippen LogP contribution in [0.25, 0.3) is 0 Å². The molecule has 0 aromatic carbocycles. The normalized spacial score (nSPS) is 14.2. The second-order valence-corrected chi connectivity index (χ2v) is 5.40. The van der Waals surface area contributed by atoms with E-state index in [0.717, 1.165) is 30.8 Å². The van der Waals surface area contributed by atoms with Crippen LogP contribution < -0.4 is 11.1 Å². The van der Waals surface area contributed by atoms with Gasteiger partial charge in [-0.1, -0.05) is 0 Å². The molecule has 0 aliphatic carbocycles. The van der Waals surface area contributed by atoms with Crippen LogP contribution in [0.2, 0.25) is 0 Å². The highest BCUT2D eigenvalue weighted by atomic mass is 32.2. The van der Waals surface area contributed by atoms with Gasteiger partial charge in [-0.3, -0.25) is 4.79 Å². The molecule has 2 atom stereocenters. The average Bonchev–Trinajstić information content (AvgIpc) is 2.86. The number of aryl methyl sites for hydroxylation is 1. The third-order valence-corrected chi connectivity index (χ3v) is 3.41. The Morgan fingerprint density at radius 3 is 2.94 bits per heavy atom. The van der Waals surface area contributed by atoms with Crippen LogP contribution in [0.15, 0.2) is 22.8 Å². The van der Waals surface area contributed by atoms with Crippen molar-refractivity contribution in [3.05, 3.63) is 24.2 Å². The molecule has 0 radical (unpaired) electrons. The molecule has 0 saturated heterocycles. The highest BCUT2D eigenvalue weighted by Crippen LogP contribution is 2.06. The highest BCUT2D eigenvalue weighted by Gasteiger charge is 2.15. The number of furan rings is 1. The summed E-state index contributed by atoms with van der Waals surface area (Å²) in [6, 6.07) is 3.53. The SMILES string of the molecule is CSCC[C@@H](N)C(=O)NC(C)CCc1ccco1. The molecule has 0 spiro atoms. The van der Waals surface area contributed by atoms with Crippen molar-refractivity contribution in [1.29, 1.82) is 0 Å². The van der Waals surface area contributed by atoms with Gasteiger partial charge >= 0.3 is 0 Å². The fourth-order valence-electron chi connectivity index (χ4n) is 1.61. The van der Waals surface area contributed by atoms with Crippen LogP contribution in [-0.4, -0.2) is 30.0 Å². The lowest BCUT2D eigenvalue weighted by Crippen LogP contribution is -2.44. The molecule has 1 aromatic heterocycles. The predicted octanol–water partition coefficient (Wildman–Crippen LogP) is 1.80. The van der Waals surface area contributed by atoms with Crippen LogP contribution in [0.5, 0.6) is 0 Å². The Bertz CT molecular complexity index is 341. The van der Waals surface area contributed by atoms with E-state index in [2.05, 4.69) is 5.32 Å². The fraction of sp³-hybridized carbons (Fsp3) is 0.615. The number of nitrogens with one attached hydrogen (secondary N) is 1. The zero-order valence-electron chi connectivity index (χ0n) is 11.0. The number of amides is 1. The molecule has 1 aromatic rings. The van der Waals surface area contributed by atoms with Gasteiger partial charge in [-0.05, 0) is 43.9 Å². The summed E-state index contributed by atoms with van der Waals surface area (Å²) in [5.41, 5.74) is 5.80. The summed E-state index contributed by atoms with van der Waals surface area (Å²) in [4.78, 5) is 11.8. The second-order valence-electron chi connectivity index (χ2n) is 4.42. The van der Waals surface area contributed by atoms with E-state index in [4.69, 9.17) is 10.2 Å². The van der Waals surface area contributed by atoms with Crippen molar-refractivity contribution in [3.63, 3.8) is 0 Å². The quantitative estimate of drug-likeness (QED) is 0.756. The smallest absolute Gasteiger partial charge is 0.237 e. The summed E-state index contributed by atoms with van der Waals surface area (Å²) in [6.45, 7) is 1.99. The first-order valence-corrected chi connectivity index (χ1v) is 7.60. The zero-order valence-corrected chi connectivity index (χ0v) is 11.8. The molecule has 18 heavy (non-hydrogen) atoms. The van der Waals surface area contributed by atoms with Crippen LogP contribution in [0.3, 0.4) is 0 Å². The predicted molar refractivity (Wildman–Crippen MR) is 75.6 cm³/mol. The number of rotatable bonds is 8. The number of hydrogen-bond donors (Lipinski definition) is 2. The van der Waals surface area contributed by atoms with Crippen molar-refractivity contribution in [2.45, 2.75) is 38.3 Å². The third-order valence-electron chi connectivity index (χ3n) is 2.76. The van der Waals surface area contributed by atoms with Gasteiger partial charge in [0.05, 0.1) is 12.3 Å². The standard InChI is InChI=1S/C13H22N2O2S/c1-10(5-6-11-4-3-8-17-11)15-13(16)12(14)7-9-18-2/h3-4,8,10,12H,5-7,9,14H2,1-2H3,(H,15,16)/t10?,12-/m1/s1. The molecule has 5 heteroatoms. The topological polar surface area (TPSA) is 68.3 Å². The van der Waals surface area contributed by atoms with Gasteiger partial charge in [0.1, 0.15) is 5.76 Å². The van der Waals surface area contributed by atoms with Crippen molar-refractivity contribution in [3.8, 4) is 0 Å². The van der Waals surface area contributed by atoms with Gasteiger partial charge in [0, 0.05) is 12.5 Å². The minimum atomic E-state index is -0.400. The Hall–Kier alpha value is -0.940. The van der Waals surface area contributed by atoms with E-state index in [9.17, 15) is 4.79 Å². The van der Waals surface area contributed by atoms with Gasteiger partial charge in [0.25, 0.3) is 0 Å². The molecule has 0 aliphatic rings. The highest BCUT2D eigenvalue weighted by molar-refractivity contribution is 7.98. The summed E-state index contributed by atoms with van der Waals surface area (Å²) in [5, 5.41) is 2.94.